The van der Waals surface area contributed by atoms with Gasteiger partial charge in [0.15, 0.2) is 17.5 Å². The molecule has 5 heteroatoms. The third-order valence-corrected chi connectivity index (χ3v) is 12.0. The van der Waals surface area contributed by atoms with Gasteiger partial charge in [0.05, 0.1) is 11.0 Å². The second kappa shape index (κ2) is 11.8. The summed E-state index contributed by atoms with van der Waals surface area (Å²) in [6.45, 7) is 0. The topological polar surface area (TPSA) is 56.7 Å². The van der Waals surface area contributed by atoms with E-state index in [0.29, 0.717) is 17.5 Å². The molecule has 1 aliphatic carbocycles. The van der Waals surface area contributed by atoms with E-state index in [1.165, 1.54) is 60.1 Å². The molecule has 0 fully saturated rings. The first-order chi connectivity index (χ1) is 28.8. The molecule has 58 heavy (non-hydrogen) atoms. The van der Waals surface area contributed by atoms with Gasteiger partial charge in [0, 0.05) is 49.3 Å². The Labute approximate surface area is 332 Å². The van der Waals surface area contributed by atoms with Crippen molar-refractivity contribution in [1.29, 1.82) is 0 Å². The van der Waals surface area contributed by atoms with Gasteiger partial charge in [-0.1, -0.05) is 127 Å². The summed E-state index contributed by atoms with van der Waals surface area (Å²) in [5.41, 5.74) is 12.9. The highest BCUT2D eigenvalue weighted by atomic mass is 16.3. The summed E-state index contributed by atoms with van der Waals surface area (Å²) in [5, 5.41) is 9.64. The lowest BCUT2D eigenvalue weighted by Crippen LogP contribution is -2.01. The van der Waals surface area contributed by atoms with E-state index in [1.54, 1.807) is 0 Å². The molecule has 3 heterocycles. The van der Waals surface area contributed by atoms with E-state index in [0.717, 1.165) is 49.8 Å². The molecule has 12 aromatic rings. The summed E-state index contributed by atoms with van der Waals surface area (Å²) in [6.07, 6.45) is 0. The molecule has 0 unspecified atom stereocenters. The Morgan fingerprint density at radius 2 is 0.914 bits per heavy atom. The van der Waals surface area contributed by atoms with Crippen molar-refractivity contribution in [3.63, 3.8) is 0 Å². The van der Waals surface area contributed by atoms with Crippen LogP contribution in [0.15, 0.2) is 186 Å². The van der Waals surface area contributed by atoms with Gasteiger partial charge < -0.3 is 8.98 Å². The van der Waals surface area contributed by atoms with Crippen LogP contribution in [0.2, 0.25) is 0 Å². The van der Waals surface area contributed by atoms with Crippen molar-refractivity contribution in [1.82, 2.24) is 19.5 Å². The average molecular weight is 739 g/mol. The molecule has 0 saturated carbocycles. The Kier molecular flexibility index (Phi) is 6.38. The highest BCUT2D eigenvalue weighted by Crippen LogP contribution is 2.50. The highest BCUT2D eigenvalue weighted by molar-refractivity contribution is 6.37. The van der Waals surface area contributed by atoms with E-state index in [9.17, 15) is 0 Å². The van der Waals surface area contributed by atoms with Crippen LogP contribution in [0.3, 0.4) is 0 Å². The number of fused-ring (bicyclic) bond motifs is 2. The molecule has 268 valence electrons. The van der Waals surface area contributed by atoms with E-state index in [-0.39, 0.29) is 0 Å². The fourth-order valence-corrected chi connectivity index (χ4v) is 9.46. The lowest BCUT2D eigenvalue weighted by Gasteiger charge is -2.13. The van der Waals surface area contributed by atoms with Crippen LogP contribution < -0.4 is 0 Å². The van der Waals surface area contributed by atoms with Gasteiger partial charge in [0.25, 0.3) is 0 Å². The van der Waals surface area contributed by atoms with Crippen LogP contribution in [0.5, 0.6) is 0 Å². The summed E-state index contributed by atoms with van der Waals surface area (Å²) in [6, 6.07) is 64.2. The van der Waals surface area contributed by atoms with Crippen molar-refractivity contribution in [2.24, 2.45) is 0 Å². The predicted molar refractivity (Wildman–Crippen MR) is 237 cm³/mol. The molecule has 5 nitrogen and oxygen atoms in total. The molecule has 3 aromatic heterocycles. The van der Waals surface area contributed by atoms with E-state index in [2.05, 4.69) is 168 Å². The monoisotopic (exact) mass is 738 g/mol. The van der Waals surface area contributed by atoms with Crippen LogP contribution in [0.4, 0.5) is 0 Å². The zero-order valence-corrected chi connectivity index (χ0v) is 31.0. The Bertz CT molecular complexity index is 3660. The standard InChI is InChI=1S/C53H30N4O/c1-3-11-31(12-4-1)36-27-28-41(38-16-8-7-15-37(36)38)53-55-51(33-13-5-2-6-14-33)54-52(56-53)34-21-25-35(26-22-34)57-42-19-9-17-39-40-18-10-20-44-48(40)50-45(58-44)30-24-32-23-29-43(57)49(46(32)50)47(39)42/h1-30H. The van der Waals surface area contributed by atoms with E-state index in [1.807, 2.05) is 18.2 Å². The number of rotatable bonds is 5. The van der Waals surface area contributed by atoms with Crippen molar-refractivity contribution in [3.8, 4) is 62.1 Å². The Hall–Kier alpha value is -7.89. The molecule has 1 aliphatic rings. The third kappa shape index (κ3) is 4.38. The Balaban J connectivity index is 1.000. The van der Waals surface area contributed by atoms with Crippen LogP contribution in [0.25, 0.3) is 127 Å². The molecule has 13 rings (SSSR count). The first-order valence-electron chi connectivity index (χ1n) is 19.6. The summed E-state index contributed by atoms with van der Waals surface area (Å²) in [7, 11) is 0. The lowest BCUT2D eigenvalue weighted by atomic mass is 9.95. The number of hydrogen-bond donors (Lipinski definition) is 0. The van der Waals surface area contributed by atoms with E-state index < -0.39 is 0 Å². The fourth-order valence-electron chi connectivity index (χ4n) is 9.46. The van der Waals surface area contributed by atoms with Gasteiger partial charge in [-0.15, -0.1) is 0 Å². The van der Waals surface area contributed by atoms with E-state index in [4.69, 9.17) is 19.4 Å². The quantitative estimate of drug-likeness (QED) is 0.176. The zero-order valence-electron chi connectivity index (χ0n) is 31.0. The second-order valence-corrected chi connectivity index (χ2v) is 15.1. The highest BCUT2D eigenvalue weighted by Gasteiger charge is 2.26. The molecule has 0 bridgehead atoms. The first kappa shape index (κ1) is 31.3. The zero-order chi connectivity index (χ0) is 37.9. The van der Waals surface area contributed by atoms with Crippen molar-refractivity contribution in [3.05, 3.63) is 182 Å². The maximum atomic E-state index is 6.46. The maximum Gasteiger partial charge on any atom is 0.164 e. The molecule has 9 aromatic carbocycles. The summed E-state index contributed by atoms with van der Waals surface area (Å²) in [4.78, 5) is 15.4. The van der Waals surface area contributed by atoms with Gasteiger partial charge in [-0.3, -0.25) is 0 Å². The van der Waals surface area contributed by atoms with Crippen LogP contribution in [0, 0.1) is 0 Å². The van der Waals surface area contributed by atoms with Crippen LogP contribution in [-0.4, -0.2) is 19.5 Å². The molecule has 0 N–H and O–H groups in total. The molecular formula is C53H30N4O. The Morgan fingerprint density at radius 1 is 0.328 bits per heavy atom. The molecule has 0 radical (unpaired) electrons. The van der Waals surface area contributed by atoms with Gasteiger partial charge in [0.2, 0.25) is 0 Å². The first-order valence-corrected chi connectivity index (χ1v) is 19.6. The molecule has 0 aliphatic heterocycles. The van der Waals surface area contributed by atoms with Crippen LogP contribution in [0.1, 0.15) is 0 Å². The summed E-state index contributed by atoms with van der Waals surface area (Å²) in [5.74, 6) is 1.90. The fraction of sp³-hybridized carbons (Fsp3) is 0. The molecule has 0 saturated heterocycles. The normalized spacial score (nSPS) is 12.1. The largest absolute Gasteiger partial charge is 0.456 e. The minimum absolute atomic E-state index is 0.625. The third-order valence-electron chi connectivity index (χ3n) is 12.0. The number of aromatic nitrogens is 4. The molecular weight excluding hydrogens is 709 g/mol. The van der Waals surface area contributed by atoms with Crippen molar-refractivity contribution in [2.45, 2.75) is 0 Å². The maximum absolute atomic E-state index is 6.46. The SMILES string of the molecule is c1ccc(-c2nc(-c3ccc(-n4c5cccc6c5c5c7c(ccc8oc9cccc-6c9c87)ccc54)cc3)nc(-c3ccc(-c4ccccc4)c4ccccc34)n2)cc1. The number of furan rings is 1. The van der Waals surface area contributed by atoms with Gasteiger partial charge in [-0.25, -0.2) is 15.0 Å². The smallest absolute Gasteiger partial charge is 0.164 e. The molecule has 0 spiro atoms. The van der Waals surface area contributed by atoms with Gasteiger partial charge in [-0.2, -0.15) is 0 Å². The Morgan fingerprint density at radius 3 is 1.69 bits per heavy atom. The number of hydrogen-bond acceptors (Lipinski definition) is 4. The minimum Gasteiger partial charge on any atom is -0.456 e. The predicted octanol–water partition coefficient (Wildman–Crippen LogP) is 13.8. The number of benzene rings is 9. The van der Waals surface area contributed by atoms with Crippen molar-refractivity contribution in [2.75, 3.05) is 0 Å². The summed E-state index contributed by atoms with van der Waals surface area (Å²) < 4.78 is 8.86. The second-order valence-electron chi connectivity index (χ2n) is 15.1. The van der Waals surface area contributed by atoms with Gasteiger partial charge in [-0.05, 0) is 93.0 Å². The average Bonchev–Trinajstić information content (AvgIpc) is 3.81. The van der Waals surface area contributed by atoms with E-state index >= 15 is 0 Å². The van der Waals surface area contributed by atoms with Gasteiger partial charge >= 0.3 is 0 Å². The summed E-state index contributed by atoms with van der Waals surface area (Å²) >= 11 is 0. The van der Waals surface area contributed by atoms with Crippen LogP contribution in [-0.2, 0) is 0 Å². The number of nitrogens with zero attached hydrogens (tertiary/aromatic N) is 4. The molecule has 0 amide bonds. The minimum atomic E-state index is 0.625. The lowest BCUT2D eigenvalue weighted by molar-refractivity contribution is 0.669. The van der Waals surface area contributed by atoms with Gasteiger partial charge in [0.1, 0.15) is 11.2 Å². The van der Waals surface area contributed by atoms with Crippen molar-refractivity contribution >= 4 is 65.3 Å². The van der Waals surface area contributed by atoms with Crippen molar-refractivity contribution < 1.29 is 4.42 Å². The van der Waals surface area contributed by atoms with Crippen LogP contribution >= 0.6 is 0 Å². The molecule has 0 atom stereocenters.